The van der Waals surface area contributed by atoms with Crippen LogP contribution in [0.1, 0.15) is 41.7 Å². The van der Waals surface area contributed by atoms with E-state index in [1.54, 1.807) is 29.2 Å². The van der Waals surface area contributed by atoms with Gasteiger partial charge in [-0.15, -0.1) is 0 Å². The molecule has 160 valence electrons. The molecule has 3 N–H and O–H groups in total. The van der Waals surface area contributed by atoms with Gasteiger partial charge < -0.3 is 20.1 Å². The number of anilines is 1. The summed E-state index contributed by atoms with van der Waals surface area (Å²) in [4.78, 5) is 42.6. The first-order chi connectivity index (χ1) is 14.1. The van der Waals surface area contributed by atoms with Gasteiger partial charge in [0.15, 0.2) is 11.7 Å². The molecule has 0 saturated carbocycles. The van der Waals surface area contributed by atoms with Gasteiger partial charge in [0.05, 0.1) is 12.2 Å². The molecule has 30 heavy (non-hydrogen) atoms. The highest BCUT2D eigenvalue weighted by atomic mass is 32.1. The van der Waals surface area contributed by atoms with E-state index in [-0.39, 0.29) is 18.6 Å². The van der Waals surface area contributed by atoms with E-state index in [1.807, 2.05) is 20.8 Å². The largest absolute Gasteiger partial charge is 0.484 e. The lowest BCUT2D eigenvalue weighted by atomic mass is 10.2. The maximum absolute atomic E-state index is 12.5. The fraction of sp³-hybridized carbons (Fsp3) is 0.400. The van der Waals surface area contributed by atoms with E-state index in [4.69, 9.17) is 15.2 Å². The molecule has 0 fully saturated rings. The highest BCUT2D eigenvalue weighted by Gasteiger charge is 2.28. The van der Waals surface area contributed by atoms with Gasteiger partial charge in [-0.25, -0.2) is 9.78 Å². The Morgan fingerprint density at radius 3 is 2.57 bits per heavy atom. The van der Waals surface area contributed by atoms with Gasteiger partial charge in [0, 0.05) is 23.4 Å². The number of nitrogens with two attached hydrogens (primary N) is 1. The summed E-state index contributed by atoms with van der Waals surface area (Å²) in [6.07, 6.45) is 0.248. The number of carbonyl (C=O) groups excluding carboxylic acids is 3. The van der Waals surface area contributed by atoms with Crippen molar-refractivity contribution in [3.05, 3.63) is 40.4 Å². The number of carbonyl (C=O) groups is 3. The fourth-order valence-corrected chi connectivity index (χ4v) is 3.78. The molecular formula is C20H24N4O5S. The van der Waals surface area contributed by atoms with Crippen molar-refractivity contribution >= 4 is 34.4 Å². The summed E-state index contributed by atoms with van der Waals surface area (Å²) >= 11 is 1.34. The molecule has 0 spiro atoms. The Morgan fingerprint density at radius 2 is 1.93 bits per heavy atom. The topological polar surface area (TPSA) is 124 Å². The number of nitrogens with zero attached hydrogens (tertiary/aromatic N) is 2. The molecule has 2 aromatic rings. The Morgan fingerprint density at radius 1 is 1.23 bits per heavy atom. The number of benzene rings is 1. The van der Waals surface area contributed by atoms with Gasteiger partial charge in [-0.2, -0.15) is 0 Å². The number of nitrogens with one attached hydrogen (secondary N) is 1. The molecule has 10 heteroatoms. The molecule has 3 rings (SSSR count). The average Bonchev–Trinajstić information content (AvgIpc) is 3.06. The van der Waals surface area contributed by atoms with Crippen molar-refractivity contribution < 1.29 is 23.9 Å². The first kappa shape index (κ1) is 21.6. The lowest BCUT2D eigenvalue weighted by Crippen LogP contribution is -2.39. The summed E-state index contributed by atoms with van der Waals surface area (Å²) in [7, 11) is 0. The summed E-state index contributed by atoms with van der Waals surface area (Å²) in [5.74, 6) is -0.446. The fourth-order valence-electron chi connectivity index (χ4n) is 2.76. The van der Waals surface area contributed by atoms with Crippen LogP contribution in [0, 0.1) is 0 Å². The molecule has 1 aromatic carbocycles. The van der Waals surface area contributed by atoms with E-state index in [2.05, 4.69) is 10.3 Å². The van der Waals surface area contributed by atoms with Gasteiger partial charge in [0.25, 0.3) is 11.8 Å². The zero-order valence-corrected chi connectivity index (χ0v) is 17.9. The molecule has 1 aliphatic heterocycles. The highest BCUT2D eigenvalue weighted by Crippen LogP contribution is 2.29. The normalized spacial score (nSPS) is 13.4. The van der Waals surface area contributed by atoms with E-state index in [0.29, 0.717) is 36.0 Å². The van der Waals surface area contributed by atoms with E-state index >= 15 is 0 Å². The lowest BCUT2D eigenvalue weighted by Gasteiger charge is -2.29. The predicted molar refractivity (Wildman–Crippen MR) is 112 cm³/mol. The van der Waals surface area contributed by atoms with Crippen molar-refractivity contribution in [2.45, 2.75) is 39.3 Å². The van der Waals surface area contributed by atoms with Crippen LogP contribution in [0.5, 0.6) is 5.75 Å². The minimum atomic E-state index is -0.574. The number of thiazole rings is 1. The molecule has 1 aromatic heterocycles. The van der Waals surface area contributed by atoms with Gasteiger partial charge >= 0.3 is 6.09 Å². The molecule has 9 nitrogen and oxygen atoms in total. The van der Waals surface area contributed by atoms with Crippen molar-refractivity contribution in [1.82, 2.24) is 9.88 Å². The summed E-state index contributed by atoms with van der Waals surface area (Å²) in [6, 6.07) is 6.35. The Balaban J connectivity index is 1.60. The van der Waals surface area contributed by atoms with Crippen LogP contribution in [0.2, 0.25) is 0 Å². The standard InChI is InChI=1S/C20H24N4O5S/c1-20(2,3)29-19(27)24-9-8-14-15(10-24)30-18(22-14)23-17(26)12-4-6-13(7-5-12)28-11-16(21)25/h4-7H,8-11H2,1-3H3,(H2,21,25)(H,22,23,26). The third-order valence-electron chi connectivity index (χ3n) is 4.10. The first-order valence-electron chi connectivity index (χ1n) is 9.40. The van der Waals surface area contributed by atoms with Gasteiger partial charge in [-0.1, -0.05) is 11.3 Å². The van der Waals surface area contributed by atoms with Gasteiger partial charge in [-0.3, -0.25) is 14.9 Å². The zero-order chi connectivity index (χ0) is 21.9. The SMILES string of the molecule is CC(C)(C)OC(=O)N1CCc2nc(NC(=O)c3ccc(OCC(N)=O)cc3)sc2C1. The van der Waals surface area contributed by atoms with Crippen LogP contribution >= 0.6 is 11.3 Å². The molecule has 0 saturated heterocycles. The third kappa shape index (κ3) is 5.69. The minimum absolute atomic E-state index is 0.226. The quantitative estimate of drug-likeness (QED) is 0.748. The zero-order valence-electron chi connectivity index (χ0n) is 17.1. The lowest BCUT2D eigenvalue weighted by molar-refractivity contribution is -0.119. The van der Waals surface area contributed by atoms with Crippen LogP contribution in [0.3, 0.4) is 0 Å². The van der Waals surface area contributed by atoms with Crippen LogP contribution in [-0.4, -0.2) is 46.5 Å². The average molecular weight is 433 g/mol. The number of primary amides is 1. The highest BCUT2D eigenvalue weighted by molar-refractivity contribution is 7.15. The monoisotopic (exact) mass is 432 g/mol. The number of hydrogen-bond donors (Lipinski definition) is 2. The van der Waals surface area contributed by atoms with E-state index < -0.39 is 11.5 Å². The number of ether oxygens (including phenoxy) is 2. The van der Waals surface area contributed by atoms with Crippen LogP contribution in [0.4, 0.5) is 9.93 Å². The number of amides is 3. The first-order valence-corrected chi connectivity index (χ1v) is 10.2. The van der Waals surface area contributed by atoms with Crippen molar-refractivity contribution in [3.63, 3.8) is 0 Å². The van der Waals surface area contributed by atoms with Crippen LogP contribution in [-0.2, 0) is 22.5 Å². The van der Waals surface area contributed by atoms with Gasteiger partial charge in [-0.05, 0) is 45.0 Å². The molecule has 0 unspecified atom stereocenters. The summed E-state index contributed by atoms with van der Waals surface area (Å²) in [5, 5.41) is 3.26. The second-order valence-corrected chi connectivity index (χ2v) is 8.86. The van der Waals surface area contributed by atoms with Crippen molar-refractivity contribution in [2.24, 2.45) is 5.73 Å². The predicted octanol–water partition coefficient (Wildman–Crippen LogP) is 2.55. The summed E-state index contributed by atoms with van der Waals surface area (Å²) in [6.45, 7) is 6.19. The van der Waals surface area contributed by atoms with Gasteiger partial charge in [0.2, 0.25) is 0 Å². The molecule has 0 bridgehead atoms. The molecule has 3 amide bonds. The molecular weight excluding hydrogens is 408 g/mol. The molecule has 1 aliphatic rings. The maximum atomic E-state index is 12.5. The van der Waals surface area contributed by atoms with Crippen LogP contribution < -0.4 is 15.8 Å². The smallest absolute Gasteiger partial charge is 0.410 e. The Labute approximate surface area is 178 Å². The second-order valence-electron chi connectivity index (χ2n) is 7.77. The molecule has 0 atom stereocenters. The Bertz CT molecular complexity index is 949. The molecule has 0 radical (unpaired) electrons. The van der Waals surface area contributed by atoms with E-state index in [1.165, 1.54) is 11.3 Å². The van der Waals surface area contributed by atoms with Crippen LogP contribution in [0.25, 0.3) is 0 Å². The molecule has 2 heterocycles. The van der Waals surface area contributed by atoms with E-state index in [0.717, 1.165) is 10.6 Å². The maximum Gasteiger partial charge on any atom is 0.410 e. The van der Waals surface area contributed by atoms with E-state index in [9.17, 15) is 14.4 Å². The summed E-state index contributed by atoms with van der Waals surface area (Å²) < 4.78 is 10.6. The van der Waals surface area contributed by atoms with Crippen molar-refractivity contribution in [1.29, 1.82) is 0 Å². The van der Waals surface area contributed by atoms with Crippen molar-refractivity contribution in [3.8, 4) is 5.75 Å². The number of aromatic nitrogens is 1. The molecule has 0 aliphatic carbocycles. The van der Waals surface area contributed by atoms with Crippen LogP contribution in [0.15, 0.2) is 24.3 Å². The summed E-state index contributed by atoms with van der Waals surface area (Å²) in [5.41, 5.74) is 5.79. The Kier molecular flexibility index (Phi) is 6.25. The van der Waals surface area contributed by atoms with Gasteiger partial charge in [0.1, 0.15) is 11.4 Å². The number of rotatable bonds is 5. The number of hydrogen-bond acceptors (Lipinski definition) is 7. The number of fused-ring (bicyclic) bond motifs is 1. The van der Waals surface area contributed by atoms with Crippen molar-refractivity contribution in [2.75, 3.05) is 18.5 Å². The minimum Gasteiger partial charge on any atom is -0.484 e. The Hall–Kier alpha value is -3.14. The third-order valence-corrected chi connectivity index (χ3v) is 5.10. The second kappa shape index (κ2) is 8.70.